The highest BCUT2D eigenvalue weighted by Crippen LogP contribution is 2.32. The van der Waals surface area contributed by atoms with E-state index in [1.54, 1.807) is 4.90 Å². The van der Waals surface area contributed by atoms with Crippen LogP contribution < -0.4 is 11.1 Å². The summed E-state index contributed by atoms with van der Waals surface area (Å²) >= 11 is 4.97. The lowest BCUT2D eigenvalue weighted by Gasteiger charge is -2.29. The van der Waals surface area contributed by atoms with E-state index >= 15 is 0 Å². The molecule has 1 aliphatic heterocycles. The van der Waals surface area contributed by atoms with Gasteiger partial charge in [0.2, 0.25) is 0 Å². The third-order valence-electron chi connectivity index (χ3n) is 2.98. The SMILES string of the molecule is NC(=S)C(NC(=O)N1CCOCC1)C1CC1. The average molecular weight is 243 g/mol. The minimum absolute atomic E-state index is 0.0759. The third kappa shape index (κ3) is 2.82. The van der Waals surface area contributed by atoms with Crippen LogP contribution in [-0.4, -0.2) is 48.3 Å². The Morgan fingerprint density at radius 1 is 1.44 bits per heavy atom. The molecule has 0 aromatic carbocycles. The Balaban J connectivity index is 1.86. The summed E-state index contributed by atoms with van der Waals surface area (Å²) in [6.07, 6.45) is 2.21. The van der Waals surface area contributed by atoms with Gasteiger partial charge in [0.15, 0.2) is 0 Å². The van der Waals surface area contributed by atoms with Crippen LogP contribution in [-0.2, 0) is 4.74 Å². The lowest BCUT2D eigenvalue weighted by molar-refractivity contribution is 0.0528. The van der Waals surface area contributed by atoms with Gasteiger partial charge < -0.3 is 20.7 Å². The Bertz CT molecular complexity index is 288. The topological polar surface area (TPSA) is 67.6 Å². The second-order valence-electron chi connectivity index (χ2n) is 4.27. The molecular weight excluding hydrogens is 226 g/mol. The van der Waals surface area contributed by atoms with Crippen LogP contribution in [0.4, 0.5) is 4.79 Å². The highest BCUT2D eigenvalue weighted by atomic mass is 32.1. The number of carbonyl (C=O) groups excluding carboxylic acids is 1. The Kier molecular flexibility index (Phi) is 3.60. The van der Waals surface area contributed by atoms with Gasteiger partial charge >= 0.3 is 6.03 Å². The summed E-state index contributed by atoms with van der Waals surface area (Å²) < 4.78 is 5.19. The summed E-state index contributed by atoms with van der Waals surface area (Å²) in [4.78, 5) is 14.0. The van der Waals surface area contributed by atoms with Gasteiger partial charge in [-0.1, -0.05) is 12.2 Å². The van der Waals surface area contributed by atoms with Crippen molar-refractivity contribution >= 4 is 23.2 Å². The minimum Gasteiger partial charge on any atom is -0.392 e. The zero-order valence-electron chi connectivity index (χ0n) is 9.15. The van der Waals surface area contributed by atoms with Crippen molar-refractivity contribution < 1.29 is 9.53 Å². The van der Waals surface area contributed by atoms with Gasteiger partial charge in [0, 0.05) is 13.1 Å². The molecule has 0 spiro atoms. The van der Waals surface area contributed by atoms with E-state index in [-0.39, 0.29) is 12.1 Å². The van der Waals surface area contributed by atoms with Crippen LogP contribution in [0.1, 0.15) is 12.8 Å². The molecule has 0 aromatic rings. The van der Waals surface area contributed by atoms with E-state index in [2.05, 4.69) is 5.32 Å². The number of morpholine rings is 1. The molecule has 0 bridgehead atoms. The van der Waals surface area contributed by atoms with Gasteiger partial charge in [0.1, 0.15) is 0 Å². The zero-order chi connectivity index (χ0) is 11.5. The fourth-order valence-corrected chi connectivity index (χ4v) is 2.09. The van der Waals surface area contributed by atoms with E-state index in [1.807, 2.05) is 0 Å². The summed E-state index contributed by atoms with van der Waals surface area (Å²) in [5.41, 5.74) is 5.63. The van der Waals surface area contributed by atoms with Gasteiger partial charge in [-0.15, -0.1) is 0 Å². The van der Waals surface area contributed by atoms with E-state index in [9.17, 15) is 4.79 Å². The number of hydrogen-bond donors (Lipinski definition) is 2. The van der Waals surface area contributed by atoms with Crippen molar-refractivity contribution in [2.75, 3.05) is 26.3 Å². The van der Waals surface area contributed by atoms with Gasteiger partial charge in [-0.25, -0.2) is 4.79 Å². The zero-order valence-corrected chi connectivity index (χ0v) is 9.96. The summed E-state index contributed by atoms with van der Waals surface area (Å²) in [6.45, 7) is 2.49. The monoisotopic (exact) mass is 243 g/mol. The molecule has 1 saturated carbocycles. The molecule has 2 amide bonds. The number of hydrogen-bond acceptors (Lipinski definition) is 3. The van der Waals surface area contributed by atoms with Crippen LogP contribution in [0.2, 0.25) is 0 Å². The lowest BCUT2D eigenvalue weighted by atomic mass is 10.2. The summed E-state index contributed by atoms with van der Waals surface area (Å²) in [7, 11) is 0. The molecule has 3 N–H and O–H groups in total. The largest absolute Gasteiger partial charge is 0.392 e. The molecule has 0 aromatic heterocycles. The summed E-state index contributed by atoms with van der Waals surface area (Å²) in [5.74, 6) is 0.447. The molecule has 6 heteroatoms. The van der Waals surface area contributed by atoms with E-state index in [4.69, 9.17) is 22.7 Å². The number of ether oxygens (including phenoxy) is 1. The molecule has 2 fully saturated rings. The molecular formula is C10H17N3O2S. The standard InChI is InChI=1S/C10H17N3O2S/c11-9(16)8(7-1-2-7)12-10(14)13-3-5-15-6-4-13/h7-8H,1-6H2,(H2,11,16)(H,12,14). The molecule has 2 aliphatic rings. The lowest BCUT2D eigenvalue weighted by Crippen LogP contribution is -2.53. The first-order valence-electron chi connectivity index (χ1n) is 5.61. The molecule has 5 nitrogen and oxygen atoms in total. The van der Waals surface area contributed by atoms with Gasteiger partial charge in [-0.3, -0.25) is 0 Å². The Labute approximate surface area is 100 Å². The van der Waals surface area contributed by atoms with E-state index < -0.39 is 0 Å². The van der Waals surface area contributed by atoms with Crippen LogP contribution in [0.25, 0.3) is 0 Å². The van der Waals surface area contributed by atoms with Crippen molar-refractivity contribution in [1.82, 2.24) is 10.2 Å². The molecule has 1 atom stereocenters. The maximum atomic E-state index is 11.9. The quantitative estimate of drug-likeness (QED) is 0.690. The number of rotatable bonds is 3. The number of nitrogens with one attached hydrogen (secondary N) is 1. The smallest absolute Gasteiger partial charge is 0.318 e. The number of nitrogens with zero attached hydrogens (tertiary/aromatic N) is 1. The highest BCUT2D eigenvalue weighted by Gasteiger charge is 2.35. The first kappa shape index (κ1) is 11.6. The van der Waals surface area contributed by atoms with Crippen molar-refractivity contribution in [2.24, 2.45) is 11.7 Å². The maximum absolute atomic E-state index is 11.9. The number of amides is 2. The molecule has 1 saturated heterocycles. The third-order valence-corrected chi connectivity index (χ3v) is 3.23. The number of urea groups is 1. The molecule has 2 rings (SSSR count). The van der Waals surface area contributed by atoms with Crippen molar-refractivity contribution in [3.05, 3.63) is 0 Å². The number of thiocarbonyl (C=S) groups is 1. The summed E-state index contributed by atoms with van der Waals surface area (Å²) in [6, 6.07) is -0.210. The van der Waals surface area contributed by atoms with Crippen molar-refractivity contribution in [2.45, 2.75) is 18.9 Å². The highest BCUT2D eigenvalue weighted by molar-refractivity contribution is 7.80. The van der Waals surface area contributed by atoms with E-state index in [0.29, 0.717) is 37.2 Å². The molecule has 1 aliphatic carbocycles. The normalized spacial score (nSPS) is 22.6. The maximum Gasteiger partial charge on any atom is 0.318 e. The van der Waals surface area contributed by atoms with Gasteiger partial charge in [-0.05, 0) is 18.8 Å². The van der Waals surface area contributed by atoms with Crippen molar-refractivity contribution in [3.8, 4) is 0 Å². The van der Waals surface area contributed by atoms with Gasteiger partial charge in [0.05, 0.1) is 24.2 Å². The average Bonchev–Trinajstić information content (AvgIpc) is 3.10. The van der Waals surface area contributed by atoms with Crippen molar-refractivity contribution in [1.29, 1.82) is 0 Å². The fourth-order valence-electron chi connectivity index (χ4n) is 1.84. The Hall–Kier alpha value is -0.880. The van der Waals surface area contributed by atoms with E-state index in [0.717, 1.165) is 12.8 Å². The van der Waals surface area contributed by atoms with Crippen LogP contribution >= 0.6 is 12.2 Å². The van der Waals surface area contributed by atoms with E-state index in [1.165, 1.54) is 0 Å². The number of carbonyl (C=O) groups is 1. The first-order chi connectivity index (χ1) is 7.68. The molecule has 16 heavy (non-hydrogen) atoms. The Morgan fingerprint density at radius 3 is 2.56 bits per heavy atom. The predicted molar refractivity (Wildman–Crippen MR) is 64.2 cm³/mol. The molecule has 0 radical (unpaired) electrons. The number of nitrogens with two attached hydrogens (primary N) is 1. The molecule has 90 valence electrons. The fraction of sp³-hybridized carbons (Fsp3) is 0.800. The van der Waals surface area contributed by atoms with Crippen LogP contribution in [0.3, 0.4) is 0 Å². The van der Waals surface area contributed by atoms with Gasteiger partial charge in [-0.2, -0.15) is 0 Å². The molecule has 1 heterocycles. The first-order valence-corrected chi connectivity index (χ1v) is 6.02. The molecule has 1 unspecified atom stereocenters. The van der Waals surface area contributed by atoms with Crippen molar-refractivity contribution in [3.63, 3.8) is 0 Å². The van der Waals surface area contributed by atoms with Crippen LogP contribution in [0, 0.1) is 5.92 Å². The Morgan fingerprint density at radius 2 is 2.06 bits per heavy atom. The second kappa shape index (κ2) is 4.97. The van der Waals surface area contributed by atoms with Crippen LogP contribution in [0.15, 0.2) is 0 Å². The minimum atomic E-state index is -0.134. The second-order valence-corrected chi connectivity index (χ2v) is 4.74. The van der Waals surface area contributed by atoms with Crippen LogP contribution in [0.5, 0.6) is 0 Å². The summed E-state index contributed by atoms with van der Waals surface area (Å²) in [5, 5.41) is 2.91. The predicted octanol–water partition coefficient (Wildman–Crippen LogP) is 0.0929. The van der Waals surface area contributed by atoms with Gasteiger partial charge in [0.25, 0.3) is 0 Å².